The molecule has 0 spiro atoms. The van der Waals surface area contributed by atoms with Gasteiger partial charge in [-0.3, -0.25) is 0 Å². The van der Waals surface area contributed by atoms with Crippen molar-refractivity contribution in [2.45, 2.75) is 0 Å². The van der Waals surface area contributed by atoms with Gasteiger partial charge in [0, 0.05) is 0 Å². The summed E-state index contributed by atoms with van der Waals surface area (Å²) in [5.41, 5.74) is 0. The largest absolute Gasteiger partial charge is 3.00 e. The molecule has 0 N–H and O–H groups in total. The van der Waals surface area contributed by atoms with Crippen LogP contribution < -0.4 is 0 Å². The quantitative estimate of drug-likeness (QED) is 0.502. The normalized spacial score (nSPS) is 8.00. The van der Waals surface area contributed by atoms with Crippen molar-refractivity contribution in [2.24, 2.45) is 0 Å². The zero-order valence-electron chi connectivity index (χ0n) is 4.44. The van der Waals surface area contributed by atoms with Crippen LogP contribution in [0.3, 0.4) is 0 Å². The third-order valence-electron chi connectivity index (χ3n) is 0.447. The zero-order chi connectivity index (χ0) is 4.28. The maximum atomic E-state index is 3.61. The average molecular weight is 161 g/mol. The van der Waals surface area contributed by atoms with E-state index < -0.39 is 0 Å². The molecule has 0 bridgehead atoms. The molecule has 0 amide bonds. The molecule has 0 aliphatic heterocycles. The second kappa shape index (κ2) is 6.06. The van der Waals surface area contributed by atoms with Crippen LogP contribution in [0.2, 0.25) is 0 Å². The third-order valence-corrected chi connectivity index (χ3v) is 0.447. The van der Waals surface area contributed by atoms with E-state index in [0.717, 1.165) is 6.54 Å². The van der Waals surface area contributed by atoms with Gasteiger partial charge in [0.05, 0.1) is 0 Å². The van der Waals surface area contributed by atoms with Crippen LogP contribution in [0.5, 0.6) is 0 Å². The van der Waals surface area contributed by atoms with E-state index in [2.05, 4.69) is 6.92 Å². The Morgan fingerprint density at radius 3 is 1.67 bits per heavy atom. The van der Waals surface area contributed by atoms with E-state index in [1.807, 2.05) is 19.0 Å². The molecule has 6 heavy (non-hydrogen) atoms. The van der Waals surface area contributed by atoms with Gasteiger partial charge in [0.1, 0.15) is 0 Å². The Morgan fingerprint density at radius 1 is 1.50 bits per heavy atom. The van der Waals surface area contributed by atoms with Crippen LogP contribution in [0.1, 0.15) is 0 Å². The molecule has 0 saturated heterocycles. The Morgan fingerprint density at radius 2 is 1.67 bits per heavy atom. The molecule has 0 aromatic heterocycles. The molecular formula is C4H10NY+2. The van der Waals surface area contributed by atoms with Crippen molar-refractivity contribution in [3.63, 3.8) is 0 Å². The SMILES string of the molecule is [CH2-]CN(C)C.[Y+3]. The molecule has 0 aliphatic rings. The third kappa shape index (κ3) is 8.91. The fraction of sp³-hybridized carbons (Fsp3) is 0.750. The van der Waals surface area contributed by atoms with Crippen molar-refractivity contribution < 1.29 is 32.7 Å². The van der Waals surface area contributed by atoms with E-state index >= 15 is 0 Å². The molecule has 0 heterocycles. The first-order valence-corrected chi connectivity index (χ1v) is 1.71. The van der Waals surface area contributed by atoms with E-state index in [4.69, 9.17) is 0 Å². The molecule has 2 heteroatoms. The molecule has 0 fully saturated rings. The number of hydrogen-bond donors (Lipinski definition) is 0. The number of rotatable bonds is 1. The summed E-state index contributed by atoms with van der Waals surface area (Å²) in [6.45, 7) is 4.50. The molecule has 0 aromatic carbocycles. The van der Waals surface area contributed by atoms with Gasteiger partial charge >= 0.3 is 32.7 Å². The van der Waals surface area contributed by atoms with Gasteiger partial charge < -0.3 is 11.8 Å². The molecule has 32 valence electrons. The summed E-state index contributed by atoms with van der Waals surface area (Å²) in [5, 5.41) is 0. The Labute approximate surface area is 65.0 Å². The Balaban J connectivity index is 0. The average Bonchev–Trinajstić information content (AvgIpc) is 1.38. The predicted molar refractivity (Wildman–Crippen MR) is 23.9 cm³/mol. The monoisotopic (exact) mass is 161 g/mol. The van der Waals surface area contributed by atoms with Crippen LogP contribution in [-0.4, -0.2) is 25.5 Å². The first-order valence-electron chi connectivity index (χ1n) is 1.71. The van der Waals surface area contributed by atoms with E-state index in [-0.39, 0.29) is 32.7 Å². The minimum atomic E-state index is 0. The van der Waals surface area contributed by atoms with Gasteiger partial charge in [-0.2, -0.15) is 0 Å². The van der Waals surface area contributed by atoms with Crippen LogP contribution in [-0.2, 0) is 32.7 Å². The summed E-state index contributed by atoms with van der Waals surface area (Å²) >= 11 is 0. The van der Waals surface area contributed by atoms with Gasteiger partial charge in [0.15, 0.2) is 0 Å². The van der Waals surface area contributed by atoms with Crippen molar-refractivity contribution in [3.05, 3.63) is 6.92 Å². The second-order valence-electron chi connectivity index (χ2n) is 1.30. The summed E-state index contributed by atoms with van der Waals surface area (Å²) in [6.07, 6.45) is 0. The summed E-state index contributed by atoms with van der Waals surface area (Å²) in [7, 11) is 3.99. The van der Waals surface area contributed by atoms with Crippen molar-refractivity contribution >= 4 is 0 Å². The van der Waals surface area contributed by atoms with E-state index in [9.17, 15) is 0 Å². The molecule has 0 aromatic rings. The van der Waals surface area contributed by atoms with Gasteiger partial charge in [0.25, 0.3) is 0 Å². The standard InChI is InChI=1S/C4H10N.Y/c1-4-5(2)3;/h1,4H2,2-3H3;/q-1;+3. The molecule has 0 unspecified atom stereocenters. The van der Waals surface area contributed by atoms with Crippen LogP contribution >= 0.6 is 0 Å². The molecule has 0 atom stereocenters. The Hall–Kier alpha value is 1.06. The molecule has 0 aliphatic carbocycles. The molecule has 0 saturated carbocycles. The van der Waals surface area contributed by atoms with Crippen LogP contribution in [0.4, 0.5) is 0 Å². The summed E-state index contributed by atoms with van der Waals surface area (Å²) < 4.78 is 0. The van der Waals surface area contributed by atoms with Gasteiger partial charge in [0.2, 0.25) is 0 Å². The van der Waals surface area contributed by atoms with Crippen LogP contribution in [0, 0.1) is 6.92 Å². The molecule has 0 radical (unpaired) electrons. The molecule has 1 nitrogen and oxygen atoms in total. The second-order valence-corrected chi connectivity index (χ2v) is 1.30. The Bertz CT molecular complexity index is 21.5. The van der Waals surface area contributed by atoms with Crippen molar-refractivity contribution in [1.82, 2.24) is 4.90 Å². The smallest absolute Gasteiger partial charge is 0.339 e. The van der Waals surface area contributed by atoms with E-state index in [1.165, 1.54) is 0 Å². The zero-order valence-corrected chi connectivity index (χ0v) is 7.28. The maximum Gasteiger partial charge on any atom is 3.00 e. The molecular weight excluding hydrogens is 151 g/mol. The van der Waals surface area contributed by atoms with E-state index in [1.54, 1.807) is 0 Å². The van der Waals surface area contributed by atoms with Crippen LogP contribution in [0.25, 0.3) is 0 Å². The van der Waals surface area contributed by atoms with Gasteiger partial charge in [-0.1, -0.05) is 0 Å². The van der Waals surface area contributed by atoms with Gasteiger partial charge in [-0.05, 0) is 14.1 Å². The number of nitrogens with zero attached hydrogens (tertiary/aromatic N) is 1. The Kier molecular flexibility index (Phi) is 10.2. The molecule has 0 rings (SSSR count). The van der Waals surface area contributed by atoms with Gasteiger partial charge in [-0.25, -0.2) is 0 Å². The number of hydrogen-bond acceptors (Lipinski definition) is 1. The first kappa shape index (κ1) is 10.1. The summed E-state index contributed by atoms with van der Waals surface area (Å²) in [5.74, 6) is 0. The van der Waals surface area contributed by atoms with Gasteiger partial charge in [-0.15, -0.1) is 6.54 Å². The fourth-order valence-corrected chi connectivity index (χ4v) is 0. The van der Waals surface area contributed by atoms with Crippen LogP contribution in [0.15, 0.2) is 0 Å². The maximum absolute atomic E-state index is 3.61. The topological polar surface area (TPSA) is 3.24 Å². The first-order chi connectivity index (χ1) is 2.27. The van der Waals surface area contributed by atoms with Crippen molar-refractivity contribution in [1.29, 1.82) is 0 Å². The minimum Gasteiger partial charge on any atom is -0.339 e. The fourth-order valence-electron chi connectivity index (χ4n) is 0. The predicted octanol–water partition coefficient (Wildman–Crippen LogP) is 0.380. The minimum absolute atomic E-state index is 0. The van der Waals surface area contributed by atoms with Crippen molar-refractivity contribution in [3.8, 4) is 0 Å². The van der Waals surface area contributed by atoms with E-state index in [0.29, 0.717) is 0 Å². The van der Waals surface area contributed by atoms with Crippen molar-refractivity contribution in [2.75, 3.05) is 20.6 Å². The summed E-state index contributed by atoms with van der Waals surface area (Å²) in [4.78, 5) is 2.01. The summed E-state index contributed by atoms with van der Waals surface area (Å²) in [6, 6.07) is 0.